The van der Waals surface area contributed by atoms with Crippen LogP contribution in [0.2, 0.25) is 0 Å². The molecule has 0 aromatic heterocycles. The molecule has 0 N–H and O–H groups in total. The highest BCUT2D eigenvalue weighted by Gasteiger charge is 2.38. The Morgan fingerprint density at radius 3 is 2.68 bits per heavy atom. The van der Waals surface area contributed by atoms with Crippen molar-refractivity contribution in [1.29, 1.82) is 0 Å². The van der Waals surface area contributed by atoms with E-state index in [4.69, 9.17) is 4.74 Å². The van der Waals surface area contributed by atoms with E-state index in [9.17, 15) is 9.59 Å². The Morgan fingerprint density at radius 2 is 1.96 bits per heavy atom. The van der Waals surface area contributed by atoms with Gasteiger partial charge in [0.2, 0.25) is 0 Å². The van der Waals surface area contributed by atoms with Crippen LogP contribution < -0.4 is 0 Å². The van der Waals surface area contributed by atoms with Crippen molar-refractivity contribution in [2.45, 2.75) is 19.6 Å². The lowest BCUT2D eigenvalue weighted by Crippen LogP contribution is -2.33. The van der Waals surface area contributed by atoms with Gasteiger partial charge in [0.1, 0.15) is 0 Å². The van der Waals surface area contributed by atoms with Gasteiger partial charge in [-0.3, -0.25) is 9.59 Å². The van der Waals surface area contributed by atoms with Gasteiger partial charge in [0, 0.05) is 11.3 Å². The molecule has 0 aliphatic carbocycles. The number of rotatable bonds is 3. The van der Waals surface area contributed by atoms with Gasteiger partial charge < -0.3 is 4.74 Å². The Bertz CT molecular complexity index is 873. The van der Waals surface area contributed by atoms with E-state index >= 15 is 0 Å². The number of aryl methyl sites for hydroxylation is 2. The van der Waals surface area contributed by atoms with E-state index in [-0.39, 0.29) is 5.78 Å². The van der Waals surface area contributed by atoms with Crippen LogP contribution in [-0.2, 0) is 15.3 Å². The Hall–Kier alpha value is -2.40. The Kier molecular flexibility index (Phi) is 5.04. The first kappa shape index (κ1) is 17.4. The van der Waals surface area contributed by atoms with E-state index in [0.29, 0.717) is 22.0 Å². The van der Waals surface area contributed by atoms with E-state index in [1.807, 2.05) is 6.07 Å². The molecule has 128 valence electrons. The van der Waals surface area contributed by atoms with Crippen LogP contribution in [0, 0.1) is 19.8 Å². The van der Waals surface area contributed by atoms with Crippen molar-refractivity contribution in [2.75, 3.05) is 7.11 Å². The molecule has 5 heteroatoms. The summed E-state index contributed by atoms with van der Waals surface area (Å²) in [6.45, 7) is 4.11. The number of ether oxygens (including phenoxy) is 1. The number of hydrogen-bond donors (Lipinski definition) is 0. The summed E-state index contributed by atoms with van der Waals surface area (Å²) in [5.74, 6) is -1.14. The molecule has 4 nitrogen and oxygen atoms in total. The zero-order valence-electron chi connectivity index (χ0n) is 14.4. The van der Waals surface area contributed by atoms with Crippen LogP contribution >= 0.6 is 11.8 Å². The molecule has 2 aromatic carbocycles. The second-order valence-electron chi connectivity index (χ2n) is 6.01. The number of para-hydroxylation sites is 1. The predicted molar refractivity (Wildman–Crippen MR) is 101 cm³/mol. The summed E-state index contributed by atoms with van der Waals surface area (Å²) >= 11 is 1.42. The number of carbonyl (C=O) groups is 2. The summed E-state index contributed by atoms with van der Waals surface area (Å²) in [4.78, 5) is 29.5. The van der Waals surface area contributed by atoms with Crippen LogP contribution in [0.1, 0.15) is 27.0 Å². The van der Waals surface area contributed by atoms with Crippen molar-refractivity contribution in [1.82, 2.24) is 0 Å². The van der Waals surface area contributed by atoms with Crippen molar-refractivity contribution < 1.29 is 14.3 Å². The minimum absolute atomic E-state index is 0.249. The molecule has 1 aliphatic heterocycles. The van der Waals surface area contributed by atoms with Crippen molar-refractivity contribution in [3.8, 4) is 0 Å². The summed E-state index contributed by atoms with van der Waals surface area (Å²) in [6.07, 6.45) is 0. The van der Waals surface area contributed by atoms with Gasteiger partial charge in [0.15, 0.2) is 11.7 Å². The highest BCUT2D eigenvalue weighted by atomic mass is 32.2. The Balaban J connectivity index is 1.92. The van der Waals surface area contributed by atoms with Crippen molar-refractivity contribution in [2.24, 2.45) is 10.9 Å². The standard InChI is InChI=1S/C20H19NO3S/c1-12-8-9-14(13(2)10-12)11-25-19-17(20(23)24-3)18(22)15-6-4-5-7-16(15)21-19/h4-10,17H,11H2,1-3H3. The minimum atomic E-state index is -0.976. The number of esters is 1. The number of fused-ring (bicyclic) bond motifs is 1. The zero-order chi connectivity index (χ0) is 18.0. The topological polar surface area (TPSA) is 55.7 Å². The number of nitrogens with zero attached hydrogens (tertiary/aromatic N) is 1. The number of benzene rings is 2. The number of carbonyl (C=O) groups excluding carboxylic acids is 2. The number of methoxy groups -OCH3 is 1. The van der Waals surface area contributed by atoms with Crippen LogP contribution in [0.5, 0.6) is 0 Å². The molecule has 1 heterocycles. The molecule has 3 rings (SSSR count). The molecule has 1 aliphatic rings. The predicted octanol–water partition coefficient (Wildman–Crippen LogP) is 4.25. The summed E-state index contributed by atoms with van der Waals surface area (Å²) in [5, 5.41) is 0.496. The van der Waals surface area contributed by atoms with Gasteiger partial charge in [-0.15, -0.1) is 11.8 Å². The van der Waals surface area contributed by atoms with Crippen molar-refractivity contribution in [3.63, 3.8) is 0 Å². The number of ketones is 1. The minimum Gasteiger partial charge on any atom is -0.468 e. The first-order chi connectivity index (χ1) is 12.0. The molecule has 1 atom stereocenters. The monoisotopic (exact) mass is 353 g/mol. The lowest BCUT2D eigenvalue weighted by Gasteiger charge is -2.21. The number of thioether (sulfide) groups is 1. The molecule has 0 radical (unpaired) electrons. The number of hydrogen-bond acceptors (Lipinski definition) is 5. The zero-order valence-corrected chi connectivity index (χ0v) is 15.2. The Morgan fingerprint density at radius 1 is 1.20 bits per heavy atom. The maximum absolute atomic E-state index is 12.8. The summed E-state index contributed by atoms with van der Waals surface area (Å²) < 4.78 is 4.84. The number of Topliss-reactive ketones (excluding diaryl/α,β-unsaturated/α-hetero) is 1. The van der Waals surface area contributed by atoms with Gasteiger partial charge in [-0.1, -0.05) is 35.9 Å². The third kappa shape index (κ3) is 3.51. The average molecular weight is 353 g/mol. The van der Waals surface area contributed by atoms with Crippen LogP contribution in [0.4, 0.5) is 5.69 Å². The SMILES string of the molecule is COC(=O)C1C(=O)c2ccccc2N=C1SCc1ccc(C)cc1C. The third-order valence-corrected chi connectivity index (χ3v) is 5.30. The fourth-order valence-corrected chi connectivity index (χ4v) is 3.99. The normalized spacial score (nSPS) is 16.2. The molecule has 25 heavy (non-hydrogen) atoms. The van der Waals surface area contributed by atoms with Crippen LogP contribution in [0.3, 0.4) is 0 Å². The fraction of sp³-hybridized carbons (Fsp3) is 0.250. The van der Waals surface area contributed by atoms with Gasteiger partial charge in [0.05, 0.1) is 17.8 Å². The lowest BCUT2D eigenvalue weighted by atomic mass is 9.94. The van der Waals surface area contributed by atoms with E-state index in [1.165, 1.54) is 30.0 Å². The molecule has 0 fully saturated rings. The van der Waals surface area contributed by atoms with Crippen LogP contribution in [0.15, 0.2) is 47.5 Å². The summed E-state index contributed by atoms with van der Waals surface area (Å²) in [6, 6.07) is 13.3. The summed E-state index contributed by atoms with van der Waals surface area (Å²) in [5.41, 5.74) is 4.63. The quantitative estimate of drug-likeness (QED) is 0.611. The van der Waals surface area contributed by atoms with Gasteiger partial charge in [-0.05, 0) is 37.1 Å². The van der Waals surface area contributed by atoms with E-state index in [0.717, 1.165) is 5.56 Å². The lowest BCUT2D eigenvalue weighted by molar-refractivity contribution is -0.141. The third-order valence-electron chi connectivity index (χ3n) is 4.22. The molecular formula is C20H19NO3S. The maximum Gasteiger partial charge on any atom is 0.323 e. The molecule has 0 spiro atoms. The average Bonchev–Trinajstić information content (AvgIpc) is 2.60. The molecule has 2 aromatic rings. The van der Waals surface area contributed by atoms with Gasteiger partial charge >= 0.3 is 5.97 Å². The number of aliphatic imine (C=N–C) groups is 1. The smallest absolute Gasteiger partial charge is 0.323 e. The van der Waals surface area contributed by atoms with E-state index in [1.54, 1.807) is 18.2 Å². The second kappa shape index (κ2) is 7.23. The van der Waals surface area contributed by atoms with E-state index in [2.05, 4.69) is 37.0 Å². The van der Waals surface area contributed by atoms with Crippen molar-refractivity contribution >= 4 is 34.2 Å². The largest absolute Gasteiger partial charge is 0.468 e. The van der Waals surface area contributed by atoms with Crippen molar-refractivity contribution in [3.05, 3.63) is 64.7 Å². The molecule has 0 saturated heterocycles. The summed E-state index contributed by atoms with van der Waals surface area (Å²) in [7, 11) is 1.29. The van der Waals surface area contributed by atoms with E-state index < -0.39 is 11.9 Å². The molecule has 0 bridgehead atoms. The van der Waals surface area contributed by atoms with Gasteiger partial charge in [0.25, 0.3) is 0 Å². The fourth-order valence-electron chi connectivity index (χ4n) is 2.83. The Labute approximate surface area is 151 Å². The highest BCUT2D eigenvalue weighted by Crippen LogP contribution is 2.34. The highest BCUT2D eigenvalue weighted by molar-refractivity contribution is 8.13. The second-order valence-corrected chi connectivity index (χ2v) is 7.00. The van der Waals surface area contributed by atoms with Crippen LogP contribution in [0.25, 0.3) is 0 Å². The molecule has 0 saturated carbocycles. The first-order valence-corrected chi connectivity index (χ1v) is 8.98. The molecule has 0 amide bonds. The first-order valence-electron chi connectivity index (χ1n) is 8.00. The molecule has 1 unspecified atom stereocenters. The molecular weight excluding hydrogens is 334 g/mol. The van der Waals surface area contributed by atoms with Gasteiger partial charge in [-0.2, -0.15) is 0 Å². The maximum atomic E-state index is 12.8. The van der Waals surface area contributed by atoms with Gasteiger partial charge in [-0.25, -0.2) is 4.99 Å². The van der Waals surface area contributed by atoms with Crippen LogP contribution in [-0.4, -0.2) is 23.9 Å².